The highest BCUT2D eigenvalue weighted by molar-refractivity contribution is 5.92. The van der Waals surface area contributed by atoms with Gasteiger partial charge in [-0.15, -0.1) is 0 Å². The van der Waals surface area contributed by atoms with Crippen molar-refractivity contribution < 1.29 is 9.18 Å². The van der Waals surface area contributed by atoms with Crippen LogP contribution >= 0.6 is 0 Å². The van der Waals surface area contributed by atoms with Gasteiger partial charge in [-0.2, -0.15) is 5.26 Å². The number of benzene rings is 2. The van der Waals surface area contributed by atoms with E-state index in [2.05, 4.69) is 16.0 Å². The van der Waals surface area contributed by atoms with E-state index in [4.69, 9.17) is 0 Å². The van der Waals surface area contributed by atoms with Crippen LogP contribution in [0.4, 0.5) is 4.39 Å². The van der Waals surface area contributed by atoms with E-state index in [1.54, 1.807) is 59.3 Å². The molecule has 2 heterocycles. The Bertz CT molecular complexity index is 1240. The summed E-state index contributed by atoms with van der Waals surface area (Å²) in [6.45, 7) is 1.45. The van der Waals surface area contributed by atoms with Crippen molar-refractivity contribution in [1.82, 2.24) is 14.4 Å². The third-order valence-corrected chi connectivity index (χ3v) is 4.34. The minimum atomic E-state index is -0.392. The second kappa shape index (κ2) is 6.46. The summed E-state index contributed by atoms with van der Waals surface area (Å²) >= 11 is 0. The molecule has 0 saturated heterocycles. The Morgan fingerprint density at radius 1 is 1.15 bits per heavy atom. The number of hydrogen-bond donors (Lipinski definition) is 0. The number of hydrogen-bond acceptors (Lipinski definition) is 4. The van der Waals surface area contributed by atoms with Gasteiger partial charge in [0.05, 0.1) is 23.5 Å². The Morgan fingerprint density at radius 3 is 2.70 bits per heavy atom. The van der Waals surface area contributed by atoms with Crippen molar-refractivity contribution in [3.05, 3.63) is 78.0 Å². The average molecular weight is 356 g/mol. The van der Waals surface area contributed by atoms with E-state index in [1.165, 1.54) is 13.0 Å². The van der Waals surface area contributed by atoms with Gasteiger partial charge >= 0.3 is 0 Å². The molecule has 0 spiro atoms. The van der Waals surface area contributed by atoms with Crippen molar-refractivity contribution in [3.8, 4) is 28.5 Å². The van der Waals surface area contributed by atoms with E-state index in [9.17, 15) is 14.4 Å². The summed E-state index contributed by atoms with van der Waals surface area (Å²) in [5, 5.41) is 9.41. The number of aromatic nitrogens is 3. The zero-order chi connectivity index (χ0) is 19.0. The van der Waals surface area contributed by atoms with Gasteiger partial charge in [0.25, 0.3) is 0 Å². The van der Waals surface area contributed by atoms with E-state index in [0.717, 1.165) is 11.3 Å². The Labute approximate surface area is 154 Å². The number of rotatable bonds is 3. The molecule has 6 heteroatoms. The predicted octanol–water partition coefficient (Wildman–Crippen LogP) is 4.28. The van der Waals surface area contributed by atoms with Gasteiger partial charge in [-0.05, 0) is 24.3 Å². The fourth-order valence-electron chi connectivity index (χ4n) is 2.98. The molecule has 4 aromatic rings. The van der Waals surface area contributed by atoms with Gasteiger partial charge in [0, 0.05) is 29.8 Å². The SMILES string of the molecule is CC(=O)c1ccn2c(-c3ccc(C#N)c(-c4ccccc4F)c3)cnc2n1. The van der Waals surface area contributed by atoms with Crippen LogP contribution in [0, 0.1) is 17.1 Å². The molecule has 0 atom stereocenters. The second-order valence-corrected chi connectivity index (χ2v) is 6.03. The fraction of sp³-hybridized carbons (Fsp3) is 0.0476. The van der Waals surface area contributed by atoms with Crippen LogP contribution in [0.15, 0.2) is 60.9 Å². The first-order valence-electron chi connectivity index (χ1n) is 8.23. The minimum absolute atomic E-state index is 0.137. The molecule has 0 N–H and O–H groups in total. The van der Waals surface area contributed by atoms with Crippen LogP contribution in [-0.2, 0) is 0 Å². The second-order valence-electron chi connectivity index (χ2n) is 6.03. The molecule has 2 aromatic heterocycles. The lowest BCUT2D eigenvalue weighted by atomic mass is 9.96. The van der Waals surface area contributed by atoms with Crippen LogP contribution in [-0.4, -0.2) is 20.2 Å². The molecule has 2 aromatic carbocycles. The van der Waals surface area contributed by atoms with Crippen LogP contribution in [0.1, 0.15) is 23.0 Å². The molecular weight excluding hydrogens is 343 g/mol. The van der Waals surface area contributed by atoms with Crippen molar-refractivity contribution in [2.75, 3.05) is 0 Å². The highest BCUT2D eigenvalue weighted by atomic mass is 19.1. The van der Waals surface area contributed by atoms with Crippen molar-refractivity contribution in [3.63, 3.8) is 0 Å². The number of ketones is 1. The van der Waals surface area contributed by atoms with Crippen LogP contribution in [0.25, 0.3) is 28.2 Å². The number of halogens is 1. The molecule has 0 aliphatic heterocycles. The van der Waals surface area contributed by atoms with Gasteiger partial charge < -0.3 is 0 Å². The van der Waals surface area contributed by atoms with E-state index in [-0.39, 0.29) is 5.78 Å². The molecular formula is C21H13FN4O. The summed E-state index contributed by atoms with van der Waals surface area (Å²) in [5.41, 5.74) is 3.09. The van der Waals surface area contributed by atoms with Crippen molar-refractivity contribution in [2.45, 2.75) is 6.92 Å². The predicted molar refractivity (Wildman–Crippen MR) is 98.5 cm³/mol. The largest absolute Gasteiger partial charge is 0.293 e. The van der Waals surface area contributed by atoms with Crippen LogP contribution in [0.2, 0.25) is 0 Å². The maximum Gasteiger partial charge on any atom is 0.234 e. The third-order valence-electron chi connectivity index (χ3n) is 4.34. The molecule has 5 nitrogen and oxygen atoms in total. The summed E-state index contributed by atoms with van der Waals surface area (Å²) in [6, 6.07) is 15.3. The van der Waals surface area contributed by atoms with Crippen LogP contribution in [0.5, 0.6) is 0 Å². The Hall–Kier alpha value is -3.85. The Balaban J connectivity index is 1.90. The van der Waals surface area contributed by atoms with Crippen LogP contribution < -0.4 is 0 Å². The van der Waals surface area contributed by atoms with Gasteiger partial charge in [0.1, 0.15) is 11.5 Å². The monoisotopic (exact) mass is 356 g/mol. The molecule has 27 heavy (non-hydrogen) atoms. The minimum Gasteiger partial charge on any atom is -0.293 e. The molecule has 0 radical (unpaired) electrons. The van der Waals surface area contributed by atoms with E-state index in [0.29, 0.717) is 28.2 Å². The molecule has 4 rings (SSSR count). The number of imidazole rings is 1. The smallest absolute Gasteiger partial charge is 0.234 e. The lowest BCUT2D eigenvalue weighted by Gasteiger charge is -2.09. The van der Waals surface area contributed by atoms with Gasteiger partial charge in [-0.3, -0.25) is 9.20 Å². The molecule has 0 saturated carbocycles. The molecule has 0 amide bonds. The van der Waals surface area contributed by atoms with E-state index < -0.39 is 5.82 Å². The number of carbonyl (C=O) groups is 1. The number of nitriles is 1. The molecule has 0 bridgehead atoms. The van der Waals surface area contributed by atoms with Crippen molar-refractivity contribution in [2.24, 2.45) is 0 Å². The Kier molecular flexibility index (Phi) is 3.98. The Morgan fingerprint density at radius 2 is 1.96 bits per heavy atom. The van der Waals surface area contributed by atoms with E-state index in [1.807, 2.05) is 0 Å². The number of nitrogens with zero attached hydrogens (tertiary/aromatic N) is 4. The molecule has 0 unspecified atom stereocenters. The highest BCUT2D eigenvalue weighted by Gasteiger charge is 2.14. The van der Waals surface area contributed by atoms with E-state index >= 15 is 0 Å². The zero-order valence-corrected chi connectivity index (χ0v) is 14.3. The summed E-state index contributed by atoms with van der Waals surface area (Å²) in [6.07, 6.45) is 3.36. The normalized spacial score (nSPS) is 10.7. The lowest BCUT2D eigenvalue weighted by Crippen LogP contribution is -2.00. The van der Waals surface area contributed by atoms with Crippen LogP contribution in [0.3, 0.4) is 0 Å². The van der Waals surface area contributed by atoms with Crippen molar-refractivity contribution in [1.29, 1.82) is 5.26 Å². The molecule has 0 fully saturated rings. The maximum absolute atomic E-state index is 14.3. The summed E-state index contributed by atoms with van der Waals surface area (Å²) < 4.78 is 16.0. The van der Waals surface area contributed by atoms with Gasteiger partial charge in [-0.1, -0.05) is 24.3 Å². The van der Waals surface area contributed by atoms with Gasteiger partial charge in [0.2, 0.25) is 5.78 Å². The van der Waals surface area contributed by atoms with Crippen molar-refractivity contribution >= 4 is 11.6 Å². The topological polar surface area (TPSA) is 71.0 Å². The standard InChI is InChI=1S/C21H13FN4O/c1-13(27)19-8-9-26-20(12-24-21(26)25-19)14-6-7-15(11-23)17(10-14)16-4-2-3-5-18(16)22/h2-10,12H,1H3. The molecule has 0 aliphatic carbocycles. The highest BCUT2D eigenvalue weighted by Crippen LogP contribution is 2.31. The molecule has 0 aliphatic rings. The first kappa shape index (κ1) is 16.6. The third kappa shape index (κ3) is 2.85. The lowest BCUT2D eigenvalue weighted by molar-refractivity contribution is 0.101. The first-order valence-corrected chi connectivity index (χ1v) is 8.23. The number of Topliss-reactive ketones (excluding diaryl/α,β-unsaturated/α-hetero) is 1. The van der Waals surface area contributed by atoms with Gasteiger partial charge in [0.15, 0.2) is 5.78 Å². The number of carbonyl (C=O) groups excluding carboxylic acids is 1. The summed E-state index contributed by atoms with van der Waals surface area (Å²) in [7, 11) is 0. The first-order chi connectivity index (χ1) is 13.1. The number of fused-ring (bicyclic) bond motifs is 1. The fourth-order valence-corrected chi connectivity index (χ4v) is 2.98. The van der Waals surface area contributed by atoms with Gasteiger partial charge in [-0.25, -0.2) is 14.4 Å². The zero-order valence-electron chi connectivity index (χ0n) is 14.3. The quantitative estimate of drug-likeness (QED) is 0.514. The molecule has 130 valence electrons. The maximum atomic E-state index is 14.3. The summed E-state index contributed by atoms with van der Waals surface area (Å²) in [5.74, 6) is -0.131. The summed E-state index contributed by atoms with van der Waals surface area (Å²) in [4.78, 5) is 20.0. The average Bonchev–Trinajstić information content (AvgIpc) is 3.11.